The number of nitrogens with zero attached hydrogens (tertiary/aromatic N) is 1. The topological polar surface area (TPSA) is 73.5 Å². The van der Waals surface area contributed by atoms with E-state index in [4.69, 9.17) is 0 Å². The van der Waals surface area contributed by atoms with Crippen LogP contribution in [-0.4, -0.2) is 25.0 Å². The van der Waals surface area contributed by atoms with Gasteiger partial charge in [-0.15, -0.1) is 0 Å². The SMILES string of the molecule is CC(C)c1cccc(C(C)C)c1NC(=O)Nc1ccc(N2CCc3ccccc3C2)c(C(=O)NCCc2ccccc2)c1. The zero-order valence-corrected chi connectivity index (χ0v) is 25.6. The molecule has 0 atom stereocenters. The van der Waals surface area contributed by atoms with Gasteiger partial charge in [0.2, 0.25) is 0 Å². The van der Waals surface area contributed by atoms with E-state index in [9.17, 15) is 9.59 Å². The fourth-order valence-electron chi connectivity index (χ4n) is 5.80. The highest BCUT2D eigenvalue weighted by molar-refractivity contribution is 6.04. The highest BCUT2D eigenvalue weighted by Crippen LogP contribution is 2.33. The van der Waals surface area contributed by atoms with E-state index in [0.717, 1.165) is 48.4 Å². The van der Waals surface area contributed by atoms with Crippen molar-refractivity contribution in [1.29, 1.82) is 0 Å². The van der Waals surface area contributed by atoms with Crippen molar-refractivity contribution in [2.24, 2.45) is 0 Å². The van der Waals surface area contributed by atoms with E-state index >= 15 is 0 Å². The van der Waals surface area contributed by atoms with Gasteiger partial charge in [-0.05, 0) is 70.7 Å². The Balaban J connectivity index is 1.38. The number of nitrogens with one attached hydrogen (secondary N) is 3. The van der Waals surface area contributed by atoms with Crippen molar-refractivity contribution < 1.29 is 9.59 Å². The van der Waals surface area contributed by atoms with E-state index in [1.807, 2.05) is 36.4 Å². The molecule has 0 saturated carbocycles. The van der Waals surface area contributed by atoms with Crippen molar-refractivity contribution >= 4 is 29.0 Å². The largest absolute Gasteiger partial charge is 0.366 e. The Bertz CT molecular complexity index is 1550. The highest BCUT2D eigenvalue weighted by atomic mass is 16.2. The number of amides is 3. The van der Waals surface area contributed by atoms with E-state index in [0.29, 0.717) is 17.8 Å². The summed E-state index contributed by atoms with van der Waals surface area (Å²) >= 11 is 0. The molecule has 1 heterocycles. The van der Waals surface area contributed by atoms with Crippen LogP contribution in [-0.2, 0) is 19.4 Å². The van der Waals surface area contributed by atoms with Gasteiger partial charge in [-0.1, -0.05) is 100 Å². The number of hydrogen-bond donors (Lipinski definition) is 3. The Morgan fingerprint density at radius 2 is 1.44 bits per heavy atom. The molecule has 0 bridgehead atoms. The van der Waals surface area contributed by atoms with E-state index in [2.05, 4.69) is 97.1 Å². The zero-order valence-electron chi connectivity index (χ0n) is 25.6. The minimum absolute atomic E-state index is 0.152. The van der Waals surface area contributed by atoms with Crippen LogP contribution in [0.2, 0.25) is 0 Å². The number of rotatable bonds is 9. The molecule has 4 aromatic rings. The van der Waals surface area contributed by atoms with Crippen molar-refractivity contribution in [2.75, 3.05) is 28.6 Å². The molecule has 0 aliphatic carbocycles. The minimum Gasteiger partial charge on any atom is -0.366 e. The number of hydrogen-bond acceptors (Lipinski definition) is 3. The molecule has 0 spiro atoms. The maximum atomic E-state index is 13.6. The first-order chi connectivity index (χ1) is 20.8. The van der Waals surface area contributed by atoms with Crippen molar-refractivity contribution in [3.63, 3.8) is 0 Å². The van der Waals surface area contributed by atoms with Crippen LogP contribution in [0.4, 0.5) is 21.9 Å². The third-order valence-corrected chi connectivity index (χ3v) is 8.12. The average Bonchev–Trinajstić information content (AvgIpc) is 3.01. The molecule has 43 heavy (non-hydrogen) atoms. The quantitative estimate of drug-likeness (QED) is 0.189. The summed E-state index contributed by atoms with van der Waals surface area (Å²) in [6.07, 6.45) is 1.66. The molecular formula is C37H42N4O2. The van der Waals surface area contributed by atoms with Gasteiger partial charge in [0.25, 0.3) is 5.91 Å². The van der Waals surface area contributed by atoms with Crippen LogP contribution in [0.25, 0.3) is 0 Å². The standard InChI is InChI=1S/C37H42N4O2/c1-25(2)31-15-10-16-32(26(3)4)35(31)40-37(43)39-30-17-18-34(41-22-20-28-13-8-9-14-29(28)24-41)33(23-30)36(42)38-21-19-27-11-6-5-7-12-27/h5-18,23,25-26H,19-22,24H2,1-4H3,(H,38,42)(H2,39,40,43). The first-order valence-electron chi connectivity index (χ1n) is 15.3. The van der Waals surface area contributed by atoms with Gasteiger partial charge >= 0.3 is 6.03 Å². The number of para-hydroxylation sites is 1. The lowest BCUT2D eigenvalue weighted by atomic mass is 9.93. The molecule has 0 fully saturated rings. The number of carbonyl (C=O) groups is 2. The van der Waals surface area contributed by atoms with E-state index < -0.39 is 0 Å². The lowest BCUT2D eigenvalue weighted by molar-refractivity contribution is 0.0954. The predicted molar refractivity (Wildman–Crippen MR) is 177 cm³/mol. The van der Waals surface area contributed by atoms with E-state index in [1.165, 1.54) is 16.7 Å². The van der Waals surface area contributed by atoms with Crippen molar-refractivity contribution in [1.82, 2.24) is 5.32 Å². The van der Waals surface area contributed by atoms with Gasteiger partial charge in [0.15, 0.2) is 0 Å². The van der Waals surface area contributed by atoms with Crippen LogP contribution in [0.15, 0.2) is 91.0 Å². The minimum atomic E-state index is -0.329. The summed E-state index contributed by atoms with van der Waals surface area (Å²) in [6.45, 7) is 10.6. The van der Waals surface area contributed by atoms with Crippen LogP contribution >= 0.6 is 0 Å². The fraction of sp³-hybridized carbons (Fsp3) is 0.297. The molecular weight excluding hydrogens is 532 g/mol. The Morgan fingerprint density at radius 1 is 0.767 bits per heavy atom. The van der Waals surface area contributed by atoms with Crippen molar-refractivity contribution in [2.45, 2.75) is 58.9 Å². The summed E-state index contributed by atoms with van der Waals surface area (Å²) < 4.78 is 0. The molecule has 0 saturated heterocycles. The van der Waals surface area contributed by atoms with Crippen LogP contribution in [0.1, 0.15) is 77.7 Å². The average molecular weight is 575 g/mol. The molecule has 4 aromatic carbocycles. The maximum absolute atomic E-state index is 13.6. The molecule has 3 amide bonds. The van der Waals surface area contributed by atoms with Gasteiger partial charge in [-0.2, -0.15) is 0 Å². The van der Waals surface area contributed by atoms with E-state index in [-0.39, 0.29) is 23.8 Å². The Kier molecular flexibility index (Phi) is 9.45. The second kappa shape index (κ2) is 13.6. The van der Waals surface area contributed by atoms with E-state index in [1.54, 1.807) is 6.07 Å². The summed E-state index contributed by atoms with van der Waals surface area (Å²) in [7, 11) is 0. The molecule has 0 radical (unpaired) electrons. The third kappa shape index (κ3) is 7.26. The lowest BCUT2D eigenvalue weighted by Crippen LogP contribution is -2.33. The van der Waals surface area contributed by atoms with Gasteiger partial charge < -0.3 is 20.9 Å². The molecule has 222 valence electrons. The summed E-state index contributed by atoms with van der Waals surface area (Å²) in [5.74, 6) is 0.365. The number of benzene rings is 4. The molecule has 1 aliphatic rings. The predicted octanol–water partition coefficient (Wildman–Crippen LogP) is 8.11. The lowest BCUT2D eigenvalue weighted by Gasteiger charge is -2.32. The first-order valence-corrected chi connectivity index (χ1v) is 15.3. The Morgan fingerprint density at radius 3 is 2.14 bits per heavy atom. The summed E-state index contributed by atoms with van der Waals surface area (Å²) in [5.41, 5.74) is 8.83. The Labute approximate surface area is 255 Å². The van der Waals surface area contributed by atoms with Gasteiger partial charge in [0.05, 0.1) is 5.56 Å². The van der Waals surface area contributed by atoms with Gasteiger partial charge in [-0.25, -0.2) is 4.79 Å². The molecule has 3 N–H and O–H groups in total. The van der Waals surface area contributed by atoms with Gasteiger partial charge in [0.1, 0.15) is 0 Å². The van der Waals surface area contributed by atoms with Crippen LogP contribution < -0.4 is 20.9 Å². The molecule has 6 heteroatoms. The van der Waals surface area contributed by atoms with Gasteiger partial charge in [0, 0.05) is 36.7 Å². The van der Waals surface area contributed by atoms with Crippen LogP contribution in [0, 0.1) is 0 Å². The number of carbonyl (C=O) groups excluding carboxylic acids is 2. The third-order valence-electron chi connectivity index (χ3n) is 8.12. The van der Waals surface area contributed by atoms with Crippen LogP contribution in [0.5, 0.6) is 0 Å². The smallest absolute Gasteiger partial charge is 0.323 e. The van der Waals surface area contributed by atoms with Gasteiger partial charge in [-0.3, -0.25) is 4.79 Å². The molecule has 6 nitrogen and oxygen atoms in total. The molecule has 5 rings (SSSR count). The highest BCUT2D eigenvalue weighted by Gasteiger charge is 2.22. The molecule has 0 unspecified atom stereocenters. The second-order valence-electron chi connectivity index (χ2n) is 11.9. The van der Waals surface area contributed by atoms with Crippen molar-refractivity contribution in [3.8, 4) is 0 Å². The normalized spacial score (nSPS) is 12.7. The van der Waals surface area contributed by atoms with Crippen LogP contribution in [0.3, 0.4) is 0 Å². The number of fused-ring (bicyclic) bond motifs is 1. The summed E-state index contributed by atoms with van der Waals surface area (Å²) in [4.78, 5) is 29.2. The fourth-order valence-corrected chi connectivity index (χ4v) is 5.80. The Hall–Kier alpha value is -4.58. The molecule has 1 aliphatic heterocycles. The monoisotopic (exact) mass is 574 g/mol. The zero-order chi connectivity index (χ0) is 30.3. The maximum Gasteiger partial charge on any atom is 0.323 e. The first kappa shape index (κ1) is 29.9. The number of urea groups is 1. The summed E-state index contributed by atoms with van der Waals surface area (Å²) in [6, 6.07) is 30.1. The molecule has 0 aromatic heterocycles. The number of anilines is 3. The van der Waals surface area contributed by atoms with Crippen molar-refractivity contribution in [3.05, 3.63) is 124 Å². The second-order valence-corrected chi connectivity index (χ2v) is 11.9. The summed E-state index contributed by atoms with van der Waals surface area (Å²) in [5, 5.41) is 9.23.